The summed E-state index contributed by atoms with van der Waals surface area (Å²) in [6, 6.07) is 10.1. The number of rotatable bonds is 4. The molecule has 0 unspecified atom stereocenters. The maximum atomic E-state index is 10.3. The number of benzene rings is 1. The van der Waals surface area contributed by atoms with E-state index in [9.17, 15) is 4.79 Å². The second kappa shape index (κ2) is 5.75. The van der Waals surface area contributed by atoms with Gasteiger partial charge in [0.05, 0.1) is 0 Å². The van der Waals surface area contributed by atoms with Crippen LogP contribution in [0, 0.1) is 0 Å². The maximum Gasteiger partial charge on any atom is 0.241 e. The number of primary amides is 1. The van der Waals surface area contributed by atoms with E-state index >= 15 is 0 Å². The van der Waals surface area contributed by atoms with Crippen LogP contribution in [0.25, 0.3) is 0 Å². The summed E-state index contributed by atoms with van der Waals surface area (Å²) in [5.74, 6) is -0.422. The minimum absolute atomic E-state index is 0.422. The zero-order chi connectivity index (χ0) is 10.2. The van der Waals surface area contributed by atoms with Crippen LogP contribution in [0.3, 0.4) is 0 Å². The summed E-state index contributed by atoms with van der Waals surface area (Å²) in [6.07, 6.45) is 7.64. The molecule has 0 saturated heterocycles. The molecule has 2 heteroatoms. The van der Waals surface area contributed by atoms with Gasteiger partial charge in [-0.05, 0) is 12.0 Å². The highest BCUT2D eigenvalue weighted by atomic mass is 16.1. The Morgan fingerprint density at radius 1 is 1.21 bits per heavy atom. The minimum Gasteiger partial charge on any atom is -0.366 e. The van der Waals surface area contributed by atoms with E-state index in [4.69, 9.17) is 5.73 Å². The van der Waals surface area contributed by atoms with E-state index in [0.29, 0.717) is 0 Å². The van der Waals surface area contributed by atoms with Crippen LogP contribution in [-0.2, 0) is 11.2 Å². The van der Waals surface area contributed by atoms with Crippen molar-refractivity contribution in [3.05, 3.63) is 60.2 Å². The van der Waals surface area contributed by atoms with E-state index in [1.807, 2.05) is 30.4 Å². The van der Waals surface area contributed by atoms with Crippen molar-refractivity contribution in [3.8, 4) is 0 Å². The Bertz CT molecular complexity index is 339. The van der Waals surface area contributed by atoms with Crippen molar-refractivity contribution in [2.75, 3.05) is 0 Å². The fourth-order valence-electron chi connectivity index (χ4n) is 1.05. The molecule has 1 aromatic carbocycles. The fraction of sp³-hybridized carbons (Fsp3) is 0.0833. The van der Waals surface area contributed by atoms with Gasteiger partial charge >= 0.3 is 0 Å². The molecule has 1 rings (SSSR count). The average Bonchev–Trinajstić information content (AvgIpc) is 2.18. The molecule has 0 bridgehead atoms. The van der Waals surface area contributed by atoms with Crippen molar-refractivity contribution < 1.29 is 4.79 Å². The monoisotopic (exact) mass is 187 g/mol. The predicted molar refractivity (Wildman–Crippen MR) is 57.6 cm³/mol. The van der Waals surface area contributed by atoms with Crippen molar-refractivity contribution in [1.82, 2.24) is 0 Å². The Kier molecular flexibility index (Phi) is 4.21. The summed E-state index contributed by atoms with van der Waals surface area (Å²) in [5.41, 5.74) is 6.17. The van der Waals surface area contributed by atoms with Gasteiger partial charge in [0.2, 0.25) is 5.91 Å². The van der Waals surface area contributed by atoms with Gasteiger partial charge in [-0.1, -0.05) is 48.6 Å². The summed E-state index contributed by atoms with van der Waals surface area (Å²) >= 11 is 0. The number of hydrogen-bond acceptors (Lipinski definition) is 1. The van der Waals surface area contributed by atoms with Crippen LogP contribution in [0.15, 0.2) is 54.6 Å². The van der Waals surface area contributed by atoms with E-state index in [2.05, 4.69) is 12.1 Å². The van der Waals surface area contributed by atoms with Gasteiger partial charge in [0.25, 0.3) is 0 Å². The lowest BCUT2D eigenvalue weighted by atomic mass is 10.1. The molecule has 2 N–H and O–H groups in total. The lowest BCUT2D eigenvalue weighted by Gasteiger charge is -1.92. The molecule has 0 heterocycles. The van der Waals surface area contributed by atoms with E-state index in [1.54, 1.807) is 6.08 Å². The molecule has 0 saturated carbocycles. The Labute approximate surface area is 83.7 Å². The van der Waals surface area contributed by atoms with Gasteiger partial charge in [-0.25, -0.2) is 0 Å². The van der Waals surface area contributed by atoms with Crippen LogP contribution in [0.5, 0.6) is 0 Å². The maximum absolute atomic E-state index is 10.3. The molecule has 0 fully saturated rings. The molecule has 0 aliphatic rings. The predicted octanol–water partition coefficient (Wildman–Crippen LogP) is 1.83. The molecular weight excluding hydrogens is 174 g/mol. The van der Waals surface area contributed by atoms with Gasteiger partial charge in [-0.3, -0.25) is 4.79 Å². The number of nitrogens with two attached hydrogens (primary N) is 1. The van der Waals surface area contributed by atoms with Gasteiger partial charge in [0.1, 0.15) is 0 Å². The quantitative estimate of drug-likeness (QED) is 0.567. The number of carbonyl (C=O) groups is 1. The van der Waals surface area contributed by atoms with Crippen LogP contribution in [0.4, 0.5) is 0 Å². The average molecular weight is 187 g/mol. The molecule has 72 valence electrons. The lowest BCUT2D eigenvalue weighted by molar-refractivity contribution is -0.113. The van der Waals surface area contributed by atoms with Crippen LogP contribution in [0.1, 0.15) is 5.56 Å². The normalized spacial score (nSPS) is 11.1. The molecule has 2 nitrogen and oxygen atoms in total. The summed E-state index contributed by atoms with van der Waals surface area (Å²) in [4.78, 5) is 10.3. The number of allylic oxidation sites excluding steroid dienone is 3. The van der Waals surface area contributed by atoms with Crippen molar-refractivity contribution in [3.63, 3.8) is 0 Å². The van der Waals surface area contributed by atoms with Crippen molar-refractivity contribution in [2.45, 2.75) is 6.42 Å². The second-order valence-corrected chi connectivity index (χ2v) is 2.88. The van der Waals surface area contributed by atoms with E-state index in [-0.39, 0.29) is 0 Å². The minimum atomic E-state index is -0.422. The SMILES string of the molecule is NC(=O)/C=C/C=C/Cc1ccccc1. The zero-order valence-electron chi connectivity index (χ0n) is 7.89. The second-order valence-electron chi connectivity index (χ2n) is 2.88. The third-order valence-corrected chi connectivity index (χ3v) is 1.70. The van der Waals surface area contributed by atoms with Crippen molar-refractivity contribution >= 4 is 5.91 Å². The first-order valence-corrected chi connectivity index (χ1v) is 4.45. The van der Waals surface area contributed by atoms with Crippen LogP contribution in [0.2, 0.25) is 0 Å². The summed E-state index contributed by atoms with van der Waals surface area (Å²) in [6.45, 7) is 0. The van der Waals surface area contributed by atoms with Crippen LogP contribution < -0.4 is 5.73 Å². The standard InChI is InChI=1S/C12H13NO/c13-12(14)10-6-2-5-9-11-7-3-1-4-8-11/h1-8,10H,9H2,(H2,13,14)/b5-2+,10-6+. The molecular formula is C12H13NO. The summed E-state index contributed by atoms with van der Waals surface area (Å²) in [5, 5.41) is 0. The van der Waals surface area contributed by atoms with Gasteiger partial charge in [-0.2, -0.15) is 0 Å². The zero-order valence-corrected chi connectivity index (χ0v) is 7.89. The number of carbonyl (C=O) groups excluding carboxylic acids is 1. The third-order valence-electron chi connectivity index (χ3n) is 1.70. The van der Waals surface area contributed by atoms with Gasteiger partial charge in [0.15, 0.2) is 0 Å². The van der Waals surface area contributed by atoms with Gasteiger partial charge < -0.3 is 5.73 Å². The Hall–Kier alpha value is -1.83. The Morgan fingerprint density at radius 2 is 1.93 bits per heavy atom. The molecule has 0 atom stereocenters. The molecule has 1 amide bonds. The van der Waals surface area contributed by atoms with Crippen molar-refractivity contribution in [1.29, 1.82) is 0 Å². The van der Waals surface area contributed by atoms with E-state index in [0.717, 1.165) is 6.42 Å². The molecule has 0 aromatic heterocycles. The highest BCUT2D eigenvalue weighted by Gasteiger charge is 1.84. The highest BCUT2D eigenvalue weighted by molar-refractivity contribution is 5.85. The fourth-order valence-corrected chi connectivity index (χ4v) is 1.05. The Morgan fingerprint density at radius 3 is 2.57 bits per heavy atom. The lowest BCUT2D eigenvalue weighted by Crippen LogP contribution is -2.04. The number of amides is 1. The highest BCUT2D eigenvalue weighted by Crippen LogP contribution is 1.99. The van der Waals surface area contributed by atoms with Gasteiger partial charge in [-0.15, -0.1) is 0 Å². The molecule has 1 aromatic rings. The first-order chi connectivity index (χ1) is 6.79. The molecule has 0 aliphatic carbocycles. The smallest absolute Gasteiger partial charge is 0.241 e. The summed E-state index contributed by atoms with van der Waals surface area (Å²) in [7, 11) is 0. The third kappa shape index (κ3) is 4.26. The molecule has 0 spiro atoms. The van der Waals surface area contributed by atoms with Crippen LogP contribution >= 0.6 is 0 Å². The Balaban J connectivity index is 2.38. The topological polar surface area (TPSA) is 43.1 Å². The first kappa shape index (κ1) is 10.3. The van der Waals surface area contributed by atoms with Crippen LogP contribution in [-0.4, -0.2) is 5.91 Å². The summed E-state index contributed by atoms with van der Waals surface area (Å²) < 4.78 is 0. The van der Waals surface area contributed by atoms with E-state index in [1.165, 1.54) is 11.6 Å². The molecule has 0 radical (unpaired) electrons. The van der Waals surface area contributed by atoms with E-state index < -0.39 is 5.91 Å². The van der Waals surface area contributed by atoms with Gasteiger partial charge in [0, 0.05) is 6.08 Å². The molecule has 14 heavy (non-hydrogen) atoms. The first-order valence-electron chi connectivity index (χ1n) is 4.45. The molecule has 0 aliphatic heterocycles. The number of hydrogen-bond donors (Lipinski definition) is 1. The van der Waals surface area contributed by atoms with Crippen molar-refractivity contribution in [2.24, 2.45) is 5.73 Å². The largest absolute Gasteiger partial charge is 0.366 e.